The highest BCUT2D eigenvalue weighted by molar-refractivity contribution is 6.64. The highest BCUT2D eigenvalue weighted by Gasteiger charge is 2.35. The zero-order chi connectivity index (χ0) is 12.1. The van der Waals surface area contributed by atoms with E-state index in [0.717, 1.165) is 6.92 Å². The van der Waals surface area contributed by atoms with E-state index >= 15 is 0 Å². The average molecular weight is 243 g/mol. The summed E-state index contributed by atoms with van der Waals surface area (Å²) in [6, 6.07) is 0. The smallest absolute Gasteiger partial charge is 0.294 e. The Balaban J connectivity index is 4.38. The number of nitrogens with zero attached hydrogens (tertiary/aromatic N) is 2. The van der Waals surface area contributed by atoms with Gasteiger partial charge in [0.1, 0.15) is 13.2 Å². The number of hydrogen-bond donors (Lipinski definition) is 0. The van der Waals surface area contributed by atoms with Crippen molar-refractivity contribution >= 4 is 16.8 Å². The maximum Gasteiger partial charge on any atom is 0.294 e. The topological polar surface area (TPSA) is 122 Å². The van der Waals surface area contributed by atoms with E-state index in [2.05, 4.69) is 9.68 Å². The van der Waals surface area contributed by atoms with Gasteiger partial charge in [-0.1, -0.05) is 0 Å². The molecule has 0 radical (unpaired) electrons. The Bertz CT molecular complexity index is 263. The van der Waals surface area contributed by atoms with Crippen molar-refractivity contribution in [2.45, 2.75) is 6.92 Å². The predicted molar refractivity (Wildman–Crippen MR) is 44.9 cm³/mol. The monoisotopic (exact) mass is 242 g/mol. The third-order valence-corrected chi connectivity index (χ3v) is 1.91. The standard InChI is InChI=1S/C5H7ClN2O7/c1-5(4(6)9,2-14-7(10)11)3-15-8(12)13/h2-3H2,1H3. The highest BCUT2D eigenvalue weighted by atomic mass is 35.5. The van der Waals surface area contributed by atoms with Gasteiger partial charge < -0.3 is 9.68 Å². The van der Waals surface area contributed by atoms with Crippen LogP contribution in [0.2, 0.25) is 0 Å². The van der Waals surface area contributed by atoms with Crippen molar-refractivity contribution in [3.63, 3.8) is 0 Å². The summed E-state index contributed by atoms with van der Waals surface area (Å²) in [6.45, 7) is -0.276. The lowest BCUT2D eigenvalue weighted by Crippen LogP contribution is -2.36. The molecule has 0 amide bonds. The van der Waals surface area contributed by atoms with Gasteiger partial charge in [-0.05, 0) is 18.5 Å². The summed E-state index contributed by atoms with van der Waals surface area (Å²) in [4.78, 5) is 38.4. The van der Waals surface area contributed by atoms with Crippen LogP contribution in [0.15, 0.2) is 0 Å². The van der Waals surface area contributed by atoms with E-state index in [4.69, 9.17) is 11.6 Å². The molecule has 0 atom stereocenters. The summed E-state index contributed by atoms with van der Waals surface area (Å²) in [6.07, 6.45) is 0. The van der Waals surface area contributed by atoms with Crippen LogP contribution in [0.5, 0.6) is 0 Å². The van der Waals surface area contributed by atoms with Crippen molar-refractivity contribution in [1.29, 1.82) is 0 Å². The van der Waals surface area contributed by atoms with Crippen LogP contribution in [-0.2, 0) is 14.5 Å². The fourth-order valence-electron chi connectivity index (χ4n) is 0.545. The number of rotatable bonds is 7. The third-order valence-electron chi connectivity index (χ3n) is 1.45. The molecule has 0 aromatic carbocycles. The van der Waals surface area contributed by atoms with Gasteiger partial charge in [-0.2, -0.15) is 0 Å². The SMILES string of the molecule is CC(CO[N+](=O)[O-])(CO[N+](=O)[O-])C(=O)Cl. The summed E-state index contributed by atoms with van der Waals surface area (Å²) < 4.78 is 0. The van der Waals surface area contributed by atoms with Crippen molar-refractivity contribution in [3.8, 4) is 0 Å². The summed E-state index contributed by atoms with van der Waals surface area (Å²) in [5.74, 6) is 0. The van der Waals surface area contributed by atoms with E-state index in [1.807, 2.05) is 0 Å². The molecule has 15 heavy (non-hydrogen) atoms. The maximum absolute atomic E-state index is 10.9. The van der Waals surface area contributed by atoms with Crippen molar-refractivity contribution < 1.29 is 24.6 Å². The first-order valence-electron chi connectivity index (χ1n) is 3.52. The van der Waals surface area contributed by atoms with E-state index in [1.54, 1.807) is 0 Å². The van der Waals surface area contributed by atoms with Gasteiger partial charge in [0.2, 0.25) is 5.24 Å². The molecule has 0 saturated carbocycles. The Labute approximate surface area is 88.1 Å². The molecule has 86 valence electrons. The van der Waals surface area contributed by atoms with Crippen LogP contribution in [0.25, 0.3) is 0 Å². The second kappa shape index (κ2) is 5.29. The lowest BCUT2D eigenvalue weighted by Gasteiger charge is -2.21. The lowest BCUT2D eigenvalue weighted by atomic mass is 9.95. The normalized spacial score (nSPS) is 10.5. The van der Waals surface area contributed by atoms with Gasteiger partial charge in [-0.15, -0.1) is 20.2 Å². The molecule has 0 aromatic rings. The second-order valence-corrected chi connectivity index (χ2v) is 3.17. The van der Waals surface area contributed by atoms with Gasteiger partial charge in [-0.25, -0.2) is 0 Å². The zero-order valence-corrected chi connectivity index (χ0v) is 8.30. The van der Waals surface area contributed by atoms with Gasteiger partial charge in [0.05, 0.1) is 5.41 Å². The summed E-state index contributed by atoms with van der Waals surface area (Å²) in [5, 5.41) is 16.4. The minimum absolute atomic E-state index is 0.712. The Kier molecular flexibility index (Phi) is 4.71. The highest BCUT2D eigenvalue weighted by Crippen LogP contribution is 2.21. The first-order chi connectivity index (χ1) is 6.78. The molecular formula is C5H7ClN2O7. The molecule has 9 nitrogen and oxygen atoms in total. The van der Waals surface area contributed by atoms with E-state index < -0.39 is 34.0 Å². The van der Waals surface area contributed by atoms with Crippen LogP contribution in [0.3, 0.4) is 0 Å². The quantitative estimate of drug-likeness (QED) is 0.354. The van der Waals surface area contributed by atoms with Crippen LogP contribution in [0, 0.1) is 25.6 Å². The molecule has 0 aliphatic heterocycles. The zero-order valence-electron chi connectivity index (χ0n) is 7.54. The van der Waals surface area contributed by atoms with Gasteiger partial charge in [0.15, 0.2) is 0 Å². The summed E-state index contributed by atoms with van der Waals surface area (Å²) >= 11 is 5.11. The lowest BCUT2D eigenvalue weighted by molar-refractivity contribution is -0.770. The Morgan fingerprint density at radius 1 is 1.27 bits per heavy atom. The molecule has 0 spiro atoms. The minimum atomic E-state index is -1.64. The van der Waals surface area contributed by atoms with Gasteiger partial charge in [0, 0.05) is 0 Å². The maximum atomic E-state index is 10.9. The van der Waals surface area contributed by atoms with Crippen LogP contribution >= 0.6 is 11.6 Å². The van der Waals surface area contributed by atoms with Crippen LogP contribution in [-0.4, -0.2) is 28.6 Å². The molecule has 0 fully saturated rings. The fraction of sp³-hybridized carbons (Fsp3) is 0.800. The molecule has 0 bridgehead atoms. The van der Waals surface area contributed by atoms with E-state index in [-0.39, 0.29) is 0 Å². The average Bonchev–Trinajstić information content (AvgIpc) is 2.11. The Hall–Kier alpha value is -1.64. The minimum Gasteiger partial charge on any atom is -0.313 e. The van der Waals surface area contributed by atoms with Crippen molar-refractivity contribution in [2.24, 2.45) is 5.41 Å². The molecule has 0 rings (SSSR count). The van der Waals surface area contributed by atoms with E-state index in [9.17, 15) is 25.0 Å². The number of carbonyl (C=O) groups excluding carboxylic acids is 1. The van der Waals surface area contributed by atoms with Crippen LogP contribution < -0.4 is 0 Å². The molecule has 0 aromatic heterocycles. The van der Waals surface area contributed by atoms with E-state index in [1.165, 1.54) is 0 Å². The number of hydrogen-bond acceptors (Lipinski definition) is 7. The Morgan fingerprint density at radius 2 is 1.60 bits per heavy atom. The molecule has 0 heterocycles. The first kappa shape index (κ1) is 13.4. The van der Waals surface area contributed by atoms with E-state index in [0.29, 0.717) is 0 Å². The predicted octanol–water partition coefficient (Wildman–Crippen LogP) is 0.175. The molecule has 0 unspecified atom stereocenters. The number of carbonyl (C=O) groups is 1. The van der Waals surface area contributed by atoms with Crippen molar-refractivity contribution in [1.82, 2.24) is 0 Å². The molecule has 0 N–H and O–H groups in total. The van der Waals surface area contributed by atoms with Gasteiger partial charge in [-0.3, -0.25) is 4.79 Å². The summed E-state index contributed by atoms with van der Waals surface area (Å²) in [7, 11) is 0. The molecule has 10 heteroatoms. The Morgan fingerprint density at radius 3 is 1.80 bits per heavy atom. The van der Waals surface area contributed by atoms with Gasteiger partial charge in [0.25, 0.3) is 10.2 Å². The molecular weight excluding hydrogens is 236 g/mol. The fourth-order valence-corrected chi connectivity index (χ4v) is 0.655. The van der Waals surface area contributed by atoms with Gasteiger partial charge >= 0.3 is 0 Å². The van der Waals surface area contributed by atoms with Crippen molar-refractivity contribution in [3.05, 3.63) is 20.2 Å². The van der Waals surface area contributed by atoms with Crippen molar-refractivity contribution in [2.75, 3.05) is 13.2 Å². The number of halogens is 1. The largest absolute Gasteiger partial charge is 0.313 e. The molecule has 0 aliphatic carbocycles. The molecule has 0 saturated heterocycles. The van der Waals surface area contributed by atoms with Crippen LogP contribution in [0.4, 0.5) is 0 Å². The second-order valence-electron chi connectivity index (χ2n) is 2.83. The third kappa shape index (κ3) is 4.96. The summed E-state index contributed by atoms with van der Waals surface area (Å²) in [5.41, 5.74) is -1.64. The molecule has 0 aliphatic rings. The van der Waals surface area contributed by atoms with Crippen LogP contribution in [0.1, 0.15) is 6.92 Å². The first-order valence-corrected chi connectivity index (χ1v) is 3.90.